The summed E-state index contributed by atoms with van der Waals surface area (Å²) in [7, 11) is 1.68. The minimum atomic E-state index is -0.709. The molecule has 1 aliphatic heterocycles. The van der Waals surface area contributed by atoms with Crippen LogP contribution in [-0.4, -0.2) is 42.8 Å². The van der Waals surface area contributed by atoms with E-state index in [0.29, 0.717) is 19.6 Å². The number of nitrogens with zero attached hydrogens (tertiary/aromatic N) is 1. The summed E-state index contributed by atoms with van der Waals surface area (Å²) < 4.78 is 5.31. The van der Waals surface area contributed by atoms with Crippen LogP contribution in [-0.2, 0) is 9.53 Å². The van der Waals surface area contributed by atoms with E-state index < -0.39 is 11.4 Å². The molecule has 104 valence electrons. The maximum Gasteiger partial charge on any atom is 0.310 e. The van der Waals surface area contributed by atoms with Gasteiger partial charge in [0.15, 0.2) is 0 Å². The van der Waals surface area contributed by atoms with Gasteiger partial charge in [-0.2, -0.15) is 0 Å². The molecular weight excluding hydrogens is 242 g/mol. The number of carboxylic acids is 1. The Kier molecular flexibility index (Phi) is 4.22. The molecule has 4 heteroatoms. The second-order valence-electron chi connectivity index (χ2n) is 5.47. The summed E-state index contributed by atoms with van der Waals surface area (Å²) in [6.45, 7) is 3.78. The van der Waals surface area contributed by atoms with Crippen LogP contribution in [0.1, 0.15) is 24.9 Å². The van der Waals surface area contributed by atoms with Crippen LogP contribution in [0.4, 0.5) is 0 Å². The molecular formula is C15H21NO3. The lowest BCUT2D eigenvalue weighted by molar-refractivity contribution is -0.147. The number of carbonyl (C=O) groups is 1. The Morgan fingerprint density at radius 2 is 2.16 bits per heavy atom. The van der Waals surface area contributed by atoms with Gasteiger partial charge in [-0.1, -0.05) is 30.3 Å². The van der Waals surface area contributed by atoms with Crippen molar-refractivity contribution >= 4 is 5.97 Å². The van der Waals surface area contributed by atoms with Crippen molar-refractivity contribution in [3.05, 3.63) is 35.9 Å². The van der Waals surface area contributed by atoms with Gasteiger partial charge in [-0.3, -0.25) is 9.69 Å². The Morgan fingerprint density at radius 3 is 2.68 bits per heavy atom. The molecule has 0 spiro atoms. The monoisotopic (exact) mass is 263 g/mol. The van der Waals surface area contributed by atoms with E-state index in [4.69, 9.17) is 4.74 Å². The van der Waals surface area contributed by atoms with E-state index in [1.807, 2.05) is 25.1 Å². The molecule has 0 radical (unpaired) electrons. The number of hydrogen-bond donors (Lipinski definition) is 1. The number of hydrogen-bond acceptors (Lipinski definition) is 3. The summed E-state index contributed by atoms with van der Waals surface area (Å²) in [4.78, 5) is 13.5. The summed E-state index contributed by atoms with van der Waals surface area (Å²) in [6, 6.07) is 10.3. The number of benzene rings is 1. The van der Waals surface area contributed by atoms with E-state index in [1.165, 1.54) is 5.56 Å². The molecule has 1 saturated heterocycles. The van der Waals surface area contributed by atoms with Crippen molar-refractivity contribution in [2.75, 3.05) is 26.8 Å². The highest BCUT2D eigenvalue weighted by atomic mass is 16.5. The second-order valence-corrected chi connectivity index (χ2v) is 5.47. The molecule has 0 aromatic heterocycles. The zero-order valence-corrected chi connectivity index (χ0v) is 11.5. The number of ether oxygens (including phenoxy) is 1. The third kappa shape index (κ3) is 2.96. The van der Waals surface area contributed by atoms with Gasteiger partial charge in [-0.05, 0) is 18.9 Å². The highest BCUT2D eigenvalue weighted by Gasteiger charge is 2.42. The second kappa shape index (κ2) is 5.72. The Hall–Kier alpha value is -1.39. The average molecular weight is 263 g/mol. The molecule has 1 aromatic rings. The van der Waals surface area contributed by atoms with Crippen LogP contribution >= 0.6 is 0 Å². The molecule has 0 saturated carbocycles. The number of rotatable bonds is 5. The fraction of sp³-hybridized carbons (Fsp3) is 0.533. The van der Waals surface area contributed by atoms with Crippen LogP contribution in [0.25, 0.3) is 0 Å². The quantitative estimate of drug-likeness (QED) is 0.884. The molecule has 1 aliphatic rings. The van der Waals surface area contributed by atoms with Crippen molar-refractivity contribution in [2.45, 2.75) is 19.4 Å². The van der Waals surface area contributed by atoms with E-state index in [0.717, 1.165) is 6.54 Å². The Labute approximate surface area is 114 Å². The maximum absolute atomic E-state index is 11.3. The van der Waals surface area contributed by atoms with Crippen molar-refractivity contribution in [3.8, 4) is 0 Å². The standard InChI is InChI=1S/C15H21NO3/c1-15(14(17)18)8-9-16(11-15)13(10-19-2)12-6-4-3-5-7-12/h3-7,13H,8-11H2,1-2H3,(H,17,18). The summed E-state index contributed by atoms with van der Waals surface area (Å²) in [6.07, 6.45) is 0.690. The van der Waals surface area contributed by atoms with Crippen LogP contribution in [0.5, 0.6) is 0 Å². The molecule has 19 heavy (non-hydrogen) atoms. The van der Waals surface area contributed by atoms with Gasteiger partial charge in [0.2, 0.25) is 0 Å². The Bertz CT molecular complexity index is 434. The molecule has 1 heterocycles. The lowest BCUT2D eigenvalue weighted by atomic mass is 9.90. The predicted molar refractivity (Wildman–Crippen MR) is 73.0 cm³/mol. The average Bonchev–Trinajstić information content (AvgIpc) is 2.81. The summed E-state index contributed by atoms with van der Waals surface area (Å²) >= 11 is 0. The van der Waals surface area contributed by atoms with Crippen molar-refractivity contribution in [3.63, 3.8) is 0 Å². The van der Waals surface area contributed by atoms with Crippen molar-refractivity contribution < 1.29 is 14.6 Å². The molecule has 2 unspecified atom stereocenters. The van der Waals surface area contributed by atoms with E-state index >= 15 is 0 Å². The molecule has 0 bridgehead atoms. The van der Waals surface area contributed by atoms with Crippen molar-refractivity contribution in [2.24, 2.45) is 5.41 Å². The van der Waals surface area contributed by atoms with E-state index in [2.05, 4.69) is 17.0 Å². The number of carboxylic acid groups (broad SMARTS) is 1. The van der Waals surface area contributed by atoms with Crippen LogP contribution in [0.15, 0.2) is 30.3 Å². The first-order chi connectivity index (χ1) is 9.07. The van der Waals surface area contributed by atoms with E-state index in [9.17, 15) is 9.90 Å². The Balaban J connectivity index is 2.16. The van der Waals surface area contributed by atoms with E-state index in [1.54, 1.807) is 7.11 Å². The topological polar surface area (TPSA) is 49.8 Å². The summed E-state index contributed by atoms with van der Waals surface area (Å²) in [5.74, 6) is -0.709. The molecule has 0 amide bonds. The van der Waals surface area contributed by atoms with Crippen LogP contribution < -0.4 is 0 Å². The van der Waals surface area contributed by atoms with Gasteiger partial charge in [0.25, 0.3) is 0 Å². The van der Waals surface area contributed by atoms with Gasteiger partial charge in [0.1, 0.15) is 0 Å². The number of methoxy groups -OCH3 is 1. The normalized spacial score (nSPS) is 25.4. The summed E-state index contributed by atoms with van der Waals surface area (Å²) in [5, 5.41) is 9.31. The smallest absolute Gasteiger partial charge is 0.310 e. The molecule has 1 fully saturated rings. The third-order valence-corrected chi connectivity index (χ3v) is 3.97. The maximum atomic E-state index is 11.3. The van der Waals surface area contributed by atoms with Gasteiger partial charge in [-0.15, -0.1) is 0 Å². The first-order valence-electron chi connectivity index (χ1n) is 6.58. The lowest BCUT2D eigenvalue weighted by Gasteiger charge is -2.29. The highest BCUT2D eigenvalue weighted by Crippen LogP contribution is 2.35. The molecule has 4 nitrogen and oxygen atoms in total. The molecule has 2 atom stereocenters. The van der Waals surface area contributed by atoms with Crippen molar-refractivity contribution in [1.82, 2.24) is 4.90 Å². The molecule has 0 aliphatic carbocycles. The summed E-state index contributed by atoms with van der Waals surface area (Å²) in [5.41, 5.74) is 0.541. The van der Waals surface area contributed by atoms with Gasteiger partial charge in [0, 0.05) is 20.2 Å². The van der Waals surface area contributed by atoms with Gasteiger partial charge in [-0.25, -0.2) is 0 Å². The van der Waals surface area contributed by atoms with Gasteiger partial charge >= 0.3 is 5.97 Å². The number of likely N-dealkylation sites (tertiary alicyclic amines) is 1. The molecule has 2 rings (SSSR count). The van der Waals surface area contributed by atoms with Crippen LogP contribution in [0, 0.1) is 5.41 Å². The highest BCUT2D eigenvalue weighted by molar-refractivity contribution is 5.74. The van der Waals surface area contributed by atoms with E-state index in [-0.39, 0.29) is 6.04 Å². The van der Waals surface area contributed by atoms with Gasteiger partial charge < -0.3 is 9.84 Å². The third-order valence-electron chi connectivity index (χ3n) is 3.97. The largest absolute Gasteiger partial charge is 0.481 e. The molecule has 1 N–H and O–H groups in total. The molecule has 1 aromatic carbocycles. The van der Waals surface area contributed by atoms with Crippen LogP contribution in [0.3, 0.4) is 0 Å². The fourth-order valence-electron chi connectivity index (χ4n) is 2.68. The lowest BCUT2D eigenvalue weighted by Crippen LogP contribution is -2.35. The fourth-order valence-corrected chi connectivity index (χ4v) is 2.68. The Morgan fingerprint density at radius 1 is 1.47 bits per heavy atom. The zero-order valence-electron chi connectivity index (χ0n) is 11.5. The minimum absolute atomic E-state index is 0.132. The van der Waals surface area contributed by atoms with Crippen molar-refractivity contribution in [1.29, 1.82) is 0 Å². The predicted octanol–water partition coefficient (Wildman–Crippen LogP) is 2.17. The first kappa shape index (κ1) is 14.0. The minimum Gasteiger partial charge on any atom is -0.481 e. The zero-order chi connectivity index (χ0) is 13.9. The number of aliphatic carboxylic acids is 1. The van der Waals surface area contributed by atoms with Gasteiger partial charge in [0.05, 0.1) is 18.1 Å². The SMILES string of the molecule is COCC(c1ccccc1)N1CCC(C)(C(=O)O)C1. The first-order valence-corrected chi connectivity index (χ1v) is 6.58. The van der Waals surface area contributed by atoms with Crippen LogP contribution in [0.2, 0.25) is 0 Å².